The number of H-pyrrole nitrogens is 1. The van der Waals surface area contributed by atoms with Gasteiger partial charge in [0, 0.05) is 42.3 Å². The van der Waals surface area contributed by atoms with Gasteiger partial charge >= 0.3 is 0 Å². The first-order valence-electron chi connectivity index (χ1n) is 7.46. The molecule has 0 saturated heterocycles. The summed E-state index contributed by atoms with van der Waals surface area (Å²) < 4.78 is 0. The van der Waals surface area contributed by atoms with Crippen molar-refractivity contribution in [1.82, 2.24) is 9.97 Å². The van der Waals surface area contributed by atoms with Crippen molar-refractivity contribution in [1.29, 1.82) is 0 Å². The van der Waals surface area contributed by atoms with Gasteiger partial charge in [-0.15, -0.1) is 23.2 Å². The number of aryl methyl sites for hydroxylation is 1. The Bertz CT molecular complexity index is 724. The fourth-order valence-corrected chi connectivity index (χ4v) is 2.55. The van der Waals surface area contributed by atoms with Crippen molar-refractivity contribution in [2.75, 3.05) is 35.2 Å². The molecule has 1 aromatic heterocycles. The molecule has 1 aromatic carbocycles. The lowest BCUT2D eigenvalue weighted by Gasteiger charge is -2.22. The van der Waals surface area contributed by atoms with E-state index < -0.39 is 0 Å². The highest BCUT2D eigenvalue weighted by molar-refractivity contribution is 6.18. The molecule has 0 atom stereocenters. The maximum Gasteiger partial charge on any atom is 0.252 e. The Balaban J connectivity index is 2.01. The maximum absolute atomic E-state index is 11.3. The molecule has 0 aliphatic rings. The van der Waals surface area contributed by atoms with Crippen LogP contribution in [0.2, 0.25) is 0 Å². The topological polar surface area (TPSA) is 73.4 Å². The van der Waals surface area contributed by atoms with Gasteiger partial charge in [0.25, 0.3) is 5.56 Å². The summed E-state index contributed by atoms with van der Waals surface area (Å²) in [6.45, 7) is 3.24. The highest BCUT2D eigenvalue weighted by Crippen LogP contribution is 2.15. The lowest BCUT2D eigenvalue weighted by molar-refractivity contribution is 0.874. The Labute approximate surface area is 150 Å². The second-order valence-electron chi connectivity index (χ2n) is 5.06. The lowest BCUT2D eigenvalue weighted by atomic mass is 10.2. The van der Waals surface area contributed by atoms with Crippen molar-refractivity contribution in [3.05, 3.63) is 51.9 Å². The van der Waals surface area contributed by atoms with Gasteiger partial charge in [-0.1, -0.05) is 12.1 Å². The Kier molecular flexibility index (Phi) is 7.08. The molecule has 0 unspecified atom stereocenters. The molecular weight excluding hydrogens is 349 g/mol. The van der Waals surface area contributed by atoms with E-state index in [-0.39, 0.29) is 5.56 Å². The number of anilines is 2. The summed E-state index contributed by atoms with van der Waals surface area (Å²) in [6, 6.07) is 9.30. The first kappa shape index (κ1) is 18.3. The monoisotopic (exact) mass is 367 g/mol. The smallest absolute Gasteiger partial charge is 0.252 e. The van der Waals surface area contributed by atoms with Crippen molar-refractivity contribution in [3.8, 4) is 0 Å². The molecule has 0 bridgehead atoms. The van der Waals surface area contributed by atoms with Crippen LogP contribution in [0.25, 0.3) is 0 Å². The lowest BCUT2D eigenvalue weighted by Crippen LogP contribution is -2.27. The Morgan fingerprint density at radius 2 is 1.92 bits per heavy atom. The number of benzene rings is 1. The summed E-state index contributed by atoms with van der Waals surface area (Å²) in [5.41, 5.74) is 5.09. The minimum Gasteiger partial charge on any atom is -0.369 e. The van der Waals surface area contributed by atoms with Crippen LogP contribution in [0.3, 0.4) is 0 Å². The van der Waals surface area contributed by atoms with Gasteiger partial charge in [-0.25, -0.2) is 10.4 Å². The van der Waals surface area contributed by atoms with Crippen molar-refractivity contribution in [2.45, 2.75) is 6.92 Å². The number of rotatable bonds is 8. The molecule has 0 fully saturated rings. The molecule has 24 heavy (non-hydrogen) atoms. The normalized spacial score (nSPS) is 11.0. The fraction of sp³-hybridized carbons (Fsp3) is 0.312. The molecule has 2 N–H and O–H groups in total. The van der Waals surface area contributed by atoms with E-state index in [0.717, 1.165) is 24.3 Å². The number of hydrazone groups is 1. The summed E-state index contributed by atoms with van der Waals surface area (Å²) in [5, 5.41) is 4.08. The van der Waals surface area contributed by atoms with E-state index in [4.69, 9.17) is 23.2 Å². The zero-order valence-electron chi connectivity index (χ0n) is 13.3. The third kappa shape index (κ3) is 5.54. The van der Waals surface area contributed by atoms with Crippen LogP contribution in [0, 0.1) is 6.92 Å². The van der Waals surface area contributed by atoms with Gasteiger partial charge in [-0.05, 0) is 24.6 Å². The summed E-state index contributed by atoms with van der Waals surface area (Å²) in [4.78, 5) is 20.2. The number of alkyl halides is 2. The molecule has 0 spiro atoms. The zero-order chi connectivity index (χ0) is 17.4. The molecule has 0 saturated carbocycles. The molecule has 2 aromatic rings. The average Bonchev–Trinajstić information content (AvgIpc) is 2.54. The summed E-state index contributed by atoms with van der Waals surface area (Å²) in [7, 11) is 0. The molecule has 0 amide bonds. The third-order valence-electron chi connectivity index (χ3n) is 3.22. The largest absolute Gasteiger partial charge is 0.369 e. The van der Waals surface area contributed by atoms with Crippen LogP contribution in [0.5, 0.6) is 0 Å². The van der Waals surface area contributed by atoms with Crippen LogP contribution in [0.15, 0.2) is 40.2 Å². The molecule has 0 aliphatic carbocycles. The van der Waals surface area contributed by atoms with Gasteiger partial charge in [0.05, 0.1) is 6.21 Å². The minimum absolute atomic E-state index is 0.219. The molecular formula is C16H19Cl2N5O. The highest BCUT2D eigenvalue weighted by Gasteiger charge is 2.04. The van der Waals surface area contributed by atoms with E-state index in [1.165, 1.54) is 6.07 Å². The van der Waals surface area contributed by atoms with Crippen LogP contribution in [-0.2, 0) is 0 Å². The quantitative estimate of drug-likeness (QED) is 0.427. The second-order valence-corrected chi connectivity index (χ2v) is 5.82. The van der Waals surface area contributed by atoms with Gasteiger partial charge < -0.3 is 4.90 Å². The number of nitrogens with one attached hydrogen (secondary N) is 2. The second kappa shape index (κ2) is 9.30. The first-order valence-corrected chi connectivity index (χ1v) is 8.53. The van der Waals surface area contributed by atoms with Crippen molar-refractivity contribution in [3.63, 3.8) is 0 Å². The third-order valence-corrected chi connectivity index (χ3v) is 3.56. The summed E-state index contributed by atoms with van der Waals surface area (Å²) >= 11 is 11.6. The van der Waals surface area contributed by atoms with Crippen LogP contribution in [0.4, 0.5) is 11.6 Å². The van der Waals surface area contributed by atoms with Crippen LogP contribution in [0.1, 0.15) is 11.3 Å². The van der Waals surface area contributed by atoms with E-state index in [1.54, 1.807) is 13.1 Å². The van der Waals surface area contributed by atoms with Gasteiger partial charge in [0.1, 0.15) is 0 Å². The number of aromatic amines is 1. The Hall–Kier alpha value is -2.05. The van der Waals surface area contributed by atoms with Crippen LogP contribution in [-0.4, -0.2) is 41.0 Å². The molecule has 6 nitrogen and oxygen atoms in total. The van der Waals surface area contributed by atoms with E-state index in [1.807, 2.05) is 24.3 Å². The average molecular weight is 368 g/mol. The van der Waals surface area contributed by atoms with Crippen molar-refractivity contribution in [2.24, 2.45) is 5.10 Å². The van der Waals surface area contributed by atoms with Gasteiger partial charge in [0.15, 0.2) is 0 Å². The number of hydrogen-bond acceptors (Lipinski definition) is 5. The summed E-state index contributed by atoms with van der Waals surface area (Å²) in [5.74, 6) is 1.40. The predicted octanol–water partition coefficient (Wildman–Crippen LogP) is 2.81. The zero-order valence-corrected chi connectivity index (χ0v) is 14.8. The van der Waals surface area contributed by atoms with Crippen molar-refractivity contribution >= 4 is 41.1 Å². The van der Waals surface area contributed by atoms with Crippen LogP contribution < -0.4 is 15.9 Å². The van der Waals surface area contributed by atoms with E-state index in [2.05, 4.69) is 25.4 Å². The number of hydrogen-bond donors (Lipinski definition) is 2. The van der Waals surface area contributed by atoms with Crippen molar-refractivity contribution < 1.29 is 0 Å². The number of aromatic nitrogens is 2. The maximum atomic E-state index is 11.3. The number of nitrogens with zero attached hydrogens (tertiary/aromatic N) is 3. The molecule has 1 heterocycles. The predicted molar refractivity (Wildman–Crippen MR) is 101 cm³/mol. The molecule has 8 heteroatoms. The van der Waals surface area contributed by atoms with Crippen LogP contribution >= 0.6 is 23.2 Å². The van der Waals surface area contributed by atoms with Gasteiger partial charge in [0.2, 0.25) is 5.95 Å². The minimum atomic E-state index is -0.219. The first-order chi connectivity index (χ1) is 11.6. The van der Waals surface area contributed by atoms with Gasteiger partial charge in [-0.3, -0.25) is 9.78 Å². The SMILES string of the molecule is Cc1cc(=O)[nH]c(NN=Cc2ccc(N(CCCl)CCCl)cc2)n1. The Morgan fingerprint density at radius 3 is 2.50 bits per heavy atom. The molecule has 0 radical (unpaired) electrons. The molecule has 128 valence electrons. The summed E-state index contributed by atoms with van der Waals surface area (Å²) in [6.07, 6.45) is 1.65. The van der Waals surface area contributed by atoms with E-state index in [0.29, 0.717) is 23.4 Å². The van der Waals surface area contributed by atoms with E-state index in [9.17, 15) is 4.79 Å². The molecule has 0 aliphatic heterocycles. The fourth-order valence-electron chi connectivity index (χ4n) is 2.15. The van der Waals surface area contributed by atoms with E-state index >= 15 is 0 Å². The highest BCUT2D eigenvalue weighted by atomic mass is 35.5. The Morgan fingerprint density at radius 1 is 1.25 bits per heavy atom. The number of halogens is 2. The van der Waals surface area contributed by atoms with Gasteiger partial charge in [-0.2, -0.15) is 5.10 Å². The standard InChI is InChI=1S/C16H19Cl2N5O/c1-12-10-15(24)21-16(20-12)22-19-11-13-2-4-14(5-3-13)23(8-6-17)9-7-18/h2-5,10-11H,6-9H2,1H3,(H2,20,21,22,24). The molecule has 2 rings (SSSR count).